The second-order valence-electron chi connectivity index (χ2n) is 3.71. The molecule has 0 saturated carbocycles. The van der Waals surface area contributed by atoms with Crippen LogP contribution < -0.4 is 0 Å². The van der Waals surface area contributed by atoms with Gasteiger partial charge in [0.05, 0.1) is 0 Å². The van der Waals surface area contributed by atoms with Crippen LogP contribution in [0, 0.1) is 0 Å². The van der Waals surface area contributed by atoms with Crippen molar-refractivity contribution in [3.63, 3.8) is 0 Å². The Kier molecular flexibility index (Phi) is 4.83. The van der Waals surface area contributed by atoms with Gasteiger partial charge in [-0.2, -0.15) is 0 Å². The quantitative estimate of drug-likeness (QED) is 0.733. The van der Waals surface area contributed by atoms with Crippen LogP contribution in [0.3, 0.4) is 0 Å². The number of carbonyl (C=O) groups excluding carboxylic acids is 1. The van der Waals surface area contributed by atoms with Crippen LogP contribution in [-0.4, -0.2) is 5.78 Å². The molecule has 0 heterocycles. The summed E-state index contributed by atoms with van der Waals surface area (Å²) in [6.45, 7) is 4.02. The smallest absolute Gasteiger partial charge is 0.140 e. The van der Waals surface area contributed by atoms with E-state index < -0.39 is 0 Å². The summed E-state index contributed by atoms with van der Waals surface area (Å²) in [7, 11) is 0. The highest BCUT2D eigenvalue weighted by atomic mass is 35.5. The molecule has 0 bridgehead atoms. The molecule has 0 fully saturated rings. The largest absolute Gasteiger partial charge is 0.299 e. The molecule has 0 amide bonds. The molecule has 0 aliphatic rings. The third-order valence-corrected chi connectivity index (χ3v) is 2.84. The number of rotatable bonds is 5. The molecule has 0 spiro atoms. The molecule has 82 valence electrons. The average Bonchev–Trinajstić information content (AvgIpc) is 2.26. The summed E-state index contributed by atoms with van der Waals surface area (Å²) in [6, 6.07) is 7.61. The van der Waals surface area contributed by atoms with Crippen LogP contribution in [-0.2, 0) is 4.79 Å². The lowest BCUT2D eigenvalue weighted by Gasteiger charge is -2.14. The molecule has 15 heavy (non-hydrogen) atoms. The topological polar surface area (TPSA) is 17.1 Å². The Bertz CT molecular complexity index is 316. The molecule has 0 N–H and O–H groups in total. The van der Waals surface area contributed by atoms with Crippen molar-refractivity contribution in [1.29, 1.82) is 0 Å². The standard InChI is InChI=1S/C13H17ClO/c1-3-5-12(13(15)4-2)10-6-8-11(14)9-7-10/h6-9,12H,3-5H2,1-2H3. The SMILES string of the molecule is CCCC(C(=O)CC)c1ccc(Cl)cc1. The highest BCUT2D eigenvalue weighted by Gasteiger charge is 2.17. The molecule has 1 unspecified atom stereocenters. The molecule has 0 aromatic heterocycles. The maximum absolute atomic E-state index is 11.8. The highest BCUT2D eigenvalue weighted by molar-refractivity contribution is 6.30. The van der Waals surface area contributed by atoms with Gasteiger partial charge in [-0.1, -0.05) is 44.0 Å². The zero-order chi connectivity index (χ0) is 11.3. The minimum Gasteiger partial charge on any atom is -0.299 e. The lowest BCUT2D eigenvalue weighted by molar-refractivity contribution is -0.120. The summed E-state index contributed by atoms with van der Waals surface area (Å²) in [4.78, 5) is 11.8. The van der Waals surface area contributed by atoms with Crippen molar-refractivity contribution >= 4 is 17.4 Å². The van der Waals surface area contributed by atoms with Crippen molar-refractivity contribution in [2.45, 2.75) is 39.0 Å². The second-order valence-corrected chi connectivity index (χ2v) is 4.15. The third-order valence-electron chi connectivity index (χ3n) is 2.59. The van der Waals surface area contributed by atoms with Crippen LogP contribution in [0.4, 0.5) is 0 Å². The van der Waals surface area contributed by atoms with Gasteiger partial charge < -0.3 is 0 Å². The number of hydrogen-bond donors (Lipinski definition) is 0. The Labute approximate surface area is 96.5 Å². The fraction of sp³-hybridized carbons (Fsp3) is 0.462. The Morgan fingerprint density at radius 3 is 2.33 bits per heavy atom. The third kappa shape index (κ3) is 3.35. The molecule has 1 aromatic rings. The zero-order valence-corrected chi connectivity index (χ0v) is 10.1. The Morgan fingerprint density at radius 2 is 1.87 bits per heavy atom. The van der Waals surface area contributed by atoms with Gasteiger partial charge in [-0.3, -0.25) is 4.79 Å². The van der Waals surface area contributed by atoms with Gasteiger partial charge in [-0.25, -0.2) is 0 Å². The number of benzene rings is 1. The number of ketones is 1. The Hall–Kier alpha value is -0.820. The monoisotopic (exact) mass is 224 g/mol. The fourth-order valence-corrected chi connectivity index (χ4v) is 1.87. The van der Waals surface area contributed by atoms with E-state index in [-0.39, 0.29) is 5.92 Å². The first-order valence-corrected chi connectivity index (χ1v) is 5.85. The highest BCUT2D eigenvalue weighted by Crippen LogP contribution is 2.24. The maximum atomic E-state index is 11.8. The zero-order valence-electron chi connectivity index (χ0n) is 9.29. The molecular weight excluding hydrogens is 208 g/mol. The van der Waals surface area contributed by atoms with E-state index in [2.05, 4.69) is 6.92 Å². The van der Waals surface area contributed by atoms with Crippen molar-refractivity contribution in [2.24, 2.45) is 0 Å². The van der Waals surface area contributed by atoms with E-state index in [1.807, 2.05) is 31.2 Å². The number of carbonyl (C=O) groups is 1. The van der Waals surface area contributed by atoms with E-state index in [4.69, 9.17) is 11.6 Å². The molecule has 2 heteroatoms. The Balaban J connectivity index is 2.88. The number of halogens is 1. The van der Waals surface area contributed by atoms with Crippen LogP contribution in [0.5, 0.6) is 0 Å². The Morgan fingerprint density at radius 1 is 1.27 bits per heavy atom. The van der Waals surface area contributed by atoms with Crippen molar-refractivity contribution < 1.29 is 4.79 Å². The van der Waals surface area contributed by atoms with Gasteiger partial charge >= 0.3 is 0 Å². The number of hydrogen-bond acceptors (Lipinski definition) is 1. The van der Waals surface area contributed by atoms with Crippen LogP contribution in [0.15, 0.2) is 24.3 Å². The van der Waals surface area contributed by atoms with E-state index in [0.29, 0.717) is 12.2 Å². The predicted octanol–water partition coefficient (Wildman–Crippen LogP) is 4.20. The molecule has 0 radical (unpaired) electrons. The molecule has 1 rings (SSSR count). The summed E-state index contributed by atoms with van der Waals surface area (Å²) >= 11 is 5.82. The maximum Gasteiger partial charge on any atom is 0.140 e. The second kappa shape index (κ2) is 5.92. The number of Topliss-reactive ketones (excluding diaryl/α,β-unsaturated/α-hetero) is 1. The van der Waals surface area contributed by atoms with Crippen LogP contribution in [0.1, 0.15) is 44.6 Å². The normalized spacial score (nSPS) is 12.5. The van der Waals surface area contributed by atoms with Gasteiger partial charge in [0.15, 0.2) is 0 Å². The summed E-state index contributed by atoms with van der Waals surface area (Å²) < 4.78 is 0. The fourth-order valence-electron chi connectivity index (χ4n) is 1.74. The lowest BCUT2D eigenvalue weighted by Crippen LogP contribution is -2.11. The summed E-state index contributed by atoms with van der Waals surface area (Å²) in [6.07, 6.45) is 2.56. The van der Waals surface area contributed by atoms with Gasteiger partial charge in [0.2, 0.25) is 0 Å². The van der Waals surface area contributed by atoms with E-state index in [1.165, 1.54) is 0 Å². The van der Waals surface area contributed by atoms with E-state index in [9.17, 15) is 4.79 Å². The average molecular weight is 225 g/mol. The van der Waals surface area contributed by atoms with Crippen molar-refractivity contribution in [1.82, 2.24) is 0 Å². The first kappa shape index (κ1) is 12.3. The molecule has 1 aromatic carbocycles. The van der Waals surface area contributed by atoms with Crippen LogP contribution in [0.2, 0.25) is 5.02 Å². The molecular formula is C13H17ClO. The minimum atomic E-state index is 0.0530. The van der Waals surface area contributed by atoms with E-state index in [1.54, 1.807) is 0 Å². The van der Waals surface area contributed by atoms with Crippen LogP contribution in [0.25, 0.3) is 0 Å². The molecule has 0 aliphatic carbocycles. The molecule has 1 atom stereocenters. The van der Waals surface area contributed by atoms with Crippen molar-refractivity contribution in [3.05, 3.63) is 34.9 Å². The van der Waals surface area contributed by atoms with Crippen LogP contribution >= 0.6 is 11.6 Å². The van der Waals surface area contributed by atoms with Gasteiger partial charge in [0.25, 0.3) is 0 Å². The first-order chi connectivity index (χ1) is 7.19. The summed E-state index contributed by atoms with van der Waals surface area (Å²) in [5.74, 6) is 0.372. The van der Waals surface area contributed by atoms with Gasteiger partial charge in [0, 0.05) is 17.4 Å². The van der Waals surface area contributed by atoms with E-state index >= 15 is 0 Å². The van der Waals surface area contributed by atoms with Gasteiger partial charge in [0.1, 0.15) is 5.78 Å². The van der Waals surface area contributed by atoms with Crippen molar-refractivity contribution in [3.8, 4) is 0 Å². The summed E-state index contributed by atoms with van der Waals surface area (Å²) in [5.41, 5.74) is 1.09. The predicted molar refractivity (Wildman–Crippen MR) is 64.4 cm³/mol. The molecule has 1 nitrogen and oxygen atoms in total. The first-order valence-electron chi connectivity index (χ1n) is 5.47. The van der Waals surface area contributed by atoms with Gasteiger partial charge in [-0.05, 0) is 24.1 Å². The summed E-state index contributed by atoms with van der Waals surface area (Å²) in [5, 5.41) is 0.720. The molecule has 0 aliphatic heterocycles. The molecule has 0 saturated heterocycles. The van der Waals surface area contributed by atoms with Gasteiger partial charge in [-0.15, -0.1) is 0 Å². The lowest BCUT2D eigenvalue weighted by atomic mass is 9.89. The van der Waals surface area contributed by atoms with E-state index in [0.717, 1.165) is 23.4 Å². The minimum absolute atomic E-state index is 0.0530. The van der Waals surface area contributed by atoms with Crippen molar-refractivity contribution in [2.75, 3.05) is 0 Å².